The number of imidazole rings is 1. The second kappa shape index (κ2) is 6.78. The van der Waals surface area contributed by atoms with Crippen LogP contribution in [0.1, 0.15) is 24.7 Å². The van der Waals surface area contributed by atoms with E-state index in [1.165, 1.54) is 0 Å². The molecule has 1 aromatic carbocycles. The van der Waals surface area contributed by atoms with Gasteiger partial charge in [0.15, 0.2) is 0 Å². The molecule has 6 heteroatoms. The minimum absolute atomic E-state index is 0.0704. The number of hydrogen-bond donors (Lipinski definition) is 1. The molecule has 4 rings (SSSR count). The Labute approximate surface area is 147 Å². The van der Waals surface area contributed by atoms with Gasteiger partial charge in [-0.3, -0.25) is 4.79 Å². The first-order valence-electron chi connectivity index (χ1n) is 8.92. The summed E-state index contributed by atoms with van der Waals surface area (Å²) in [6.45, 7) is 3.80. The van der Waals surface area contributed by atoms with Crippen LogP contribution in [-0.4, -0.2) is 34.7 Å². The van der Waals surface area contributed by atoms with Crippen molar-refractivity contribution in [1.82, 2.24) is 14.9 Å². The molecule has 0 aliphatic carbocycles. The van der Waals surface area contributed by atoms with Gasteiger partial charge >= 0.3 is 0 Å². The van der Waals surface area contributed by atoms with E-state index in [1.807, 2.05) is 37.5 Å². The Kier molecular flexibility index (Phi) is 4.34. The van der Waals surface area contributed by atoms with E-state index in [0.29, 0.717) is 19.6 Å². The van der Waals surface area contributed by atoms with E-state index in [-0.39, 0.29) is 17.9 Å². The Morgan fingerprint density at radius 3 is 3.28 bits per heavy atom. The van der Waals surface area contributed by atoms with Crippen LogP contribution in [0.4, 0.5) is 0 Å². The zero-order valence-electron chi connectivity index (χ0n) is 14.4. The molecule has 0 bridgehead atoms. The zero-order valence-corrected chi connectivity index (χ0v) is 14.4. The highest BCUT2D eigenvalue weighted by Crippen LogP contribution is 2.31. The monoisotopic (exact) mass is 341 g/mol. The molecular formula is C19H23N3O3. The molecule has 2 aliphatic rings. The molecule has 1 aromatic heterocycles. The van der Waals surface area contributed by atoms with E-state index in [0.717, 1.165) is 42.3 Å². The summed E-state index contributed by atoms with van der Waals surface area (Å²) >= 11 is 0. The van der Waals surface area contributed by atoms with E-state index < -0.39 is 0 Å². The van der Waals surface area contributed by atoms with Crippen molar-refractivity contribution >= 4 is 5.91 Å². The molecule has 0 spiro atoms. The molecule has 2 atom stereocenters. The van der Waals surface area contributed by atoms with E-state index in [9.17, 15) is 4.79 Å². The van der Waals surface area contributed by atoms with Crippen molar-refractivity contribution in [1.29, 1.82) is 0 Å². The highest BCUT2D eigenvalue weighted by Gasteiger charge is 2.29. The summed E-state index contributed by atoms with van der Waals surface area (Å²) in [6.07, 6.45) is 6.32. The SMILES string of the molecule is CCOc1ccc2c(c1)C[C@H](C(=O)N[C@H]1CCc3nccn3C1)CO2. The molecule has 2 aromatic rings. The van der Waals surface area contributed by atoms with Crippen LogP contribution in [-0.2, 0) is 24.2 Å². The van der Waals surface area contributed by atoms with Crippen molar-refractivity contribution in [3.63, 3.8) is 0 Å². The number of nitrogens with one attached hydrogen (secondary N) is 1. The van der Waals surface area contributed by atoms with Crippen LogP contribution in [0.15, 0.2) is 30.6 Å². The standard InChI is InChI=1S/C19H23N3O3/c1-2-24-16-4-5-17-13(10-16)9-14(12-25-17)19(23)21-15-3-6-18-20-7-8-22(18)11-15/h4-5,7-8,10,14-15H,2-3,6,9,11-12H2,1H3,(H,21,23)/t14-,15-/m0/s1. The molecule has 1 N–H and O–H groups in total. The summed E-state index contributed by atoms with van der Waals surface area (Å²) in [6, 6.07) is 5.98. The van der Waals surface area contributed by atoms with Gasteiger partial charge in [0.2, 0.25) is 5.91 Å². The van der Waals surface area contributed by atoms with Crippen LogP contribution >= 0.6 is 0 Å². The van der Waals surface area contributed by atoms with Crippen molar-refractivity contribution < 1.29 is 14.3 Å². The Balaban J connectivity index is 1.39. The van der Waals surface area contributed by atoms with Crippen LogP contribution in [0.25, 0.3) is 0 Å². The molecule has 6 nitrogen and oxygen atoms in total. The largest absolute Gasteiger partial charge is 0.494 e. The summed E-state index contributed by atoms with van der Waals surface area (Å²) in [4.78, 5) is 17.0. The molecule has 0 saturated carbocycles. The van der Waals surface area contributed by atoms with E-state index >= 15 is 0 Å². The fourth-order valence-electron chi connectivity index (χ4n) is 3.60. The Bertz CT molecular complexity index is 771. The number of nitrogens with zero attached hydrogens (tertiary/aromatic N) is 2. The number of benzene rings is 1. The van der Waals surface area contributed by atoms with Crippen LogP contribution in [0.3, 0.4) is 0 Å². The Morgan fingerprint density at radius 1 is 1.48 bits per heavy atom. The van der Waals surface area contributed by atoms with E-state index in [4.69, 9.17) is 9.47 Å². The number of amides is 1. The summed E-state index contributed by atoms with van der Waals surface area (Å²) in [5.41, 5.74) is 1.04. The Hall–Kier alpha value is -2.50. The van der Waals surface area contributed by atoms with Gasteiger partial charge in [-0.1, -0.05) is 0 Å². The van der Waals surface area contributed by atoms with Gasteiger partial charge in [0, 0.05) is 31.4 Å². The summed E-state index contributed by atoms with van der Waals surface area (Å²) in [5.74, 6) is 2.69. The third-order valence-electron chi connectivity index (χ3n) is 4.90. The molecule has 0 fully saturated rings. The minimum atomic E-state index is -0.159. The average molecular weight is 341 g/mol. The maximum Gasteiger partial charge on any atom is 0.227 e. The van der Waals surface area contributed by atoms with E-state index in [2.05, 4.69) is 14.9 Å². The van der Waals surface area contributed by atoms with Gasteiger partial charge in [0.05, 0.1) is 12.5 Å². The van der Waals surface area contributed by atoms with Gasteiger partial charge in [-0.25, -0.2) is 4.98 Å². The second-order valence-electron chi connectivity index (χ2n) is 6.65. The molecule has 25 heavy (non-hydrogen) atoms. The number of ether oxygens (including phenoxy) is 2. The normalized spacial score (nSPS) is 21.6. The smallest absolute Gasteiger partial charge is 0.227 e. The van der Waals surface area contributed by atoms with Crippen LogP contribution < -0.4 is 14.8 Å². The van der Waals surface area contributed by atoms with Crippen molar-refractivity contribution in [3.05, 3.63) is 42.0 Å². The fraction of sp³-hybridized carbons (Fsp3) is 0.474. The fourth-order valence-corrected chi connectivity index (χ4v) is 3.60. The van der Waals surface area contributed by atoms with E-state index in [1.54, 1.807) is 0 Å². The summed E-state index contributed by atoms with van der Waals surface area (Å²) in [7, 11) is 0. The molecule has 0 saturated heterocycles. The Morgan fingerprint density at radius 2 is 2.40 bits per heavy atom. The van der Waals surface area contributed by atoms with Gasteiger partial charge in [-0.2, -0.15) is 0 Å². The first-order chi connectivity index (χ1) is 12.2. The van der Waals surface area contributed by atoms with Gasteiger partial charge in [0.25, 0.3) is 0 Å². The molecular weight excluding hydrogens is 318 g/mol. The lowest BCUT2D eigenvalue weighted by Crippen LogP contribution is -2.46. The number of fused-ring (bicyclic) bond motifs is 2. The topological polar surface area (TPSA) is 65.4 Å². The molecule has 0 radical (unpaired) electrons. The minimum Gasteiger partial charge on any atom is -0.494 e. The second-order valence-corrected chi connectivity index (χ2v) is 6.65. The first-order valence-corrected chi connectivity index (χ1v) is 8.92. The lowest BCUT2D eigenvalue weighted by molar-refractivity contribution is -0.127. The lowest BCUT2D eigenvalue weighted by atomic mass is 9.95. The maximum absolute atomic E-state index is 12.7. The highest BCUT2D eigenvalue weighted by atomic mass is 16.5. The maximum atomic E-state index is 12.7. The number of carbonyl (C=O) groups excluding carboxylic acids is 1. The summed E-state index contributed by atoms with van der Waals surface area (Å²) in [5, 5.41) is 3.19. The van der Waals surface area contributed by atoms with Gasteiger partial charge in [0.1, 0.15) is 23.9 Å². The molecule has 132 valence electrons. The van der Waals surface area contributed by atoms with Gasteiger partial charge in [-0.15, -0.1) is 0 Å². The number of aryl methyl sites for hydroxylation is 1. The van der Waals surface area contributed by atoms with Crippen molar-refractivity contribution in [2.45, 2.75) is 38.8 Å². The number of carbonyl (C=O) groups is 1. The average Bonchev–Trinajstić information content (AvgIpc) is 3.09. The molecule has 3 heterocycles. The van der Waals surface area contributed by atoms with Gasteiger partial charge < -0.3 is 19.4 Å². The van der Waals surface area contributed by atoms with Crippen LogP contribution in [0.5, 0.6) is 11.5 Å². The lowest BCUT2D eigenvalue weighted by Gasteiger charge is -2.29. The van der Waals surface area contributed by atoms with Crippen LogP contribution in [0.2, 0.25) is 0 Å². The number of aromatic nitrogens is 2. The number of hydrogen-bond acceptors (Lipinski definition) is 4. The van der Waals surface area contributed by atoms with Gasteiger partial charge in [-0.05, 0) is 43.5 Å². The predicted molar refractivity (Wildman–Crippen MR) is 92.8 cm³/mol. The highest BCUT2D eigenvalue weighted by molar-refractivity contribution is 5.80. The zero-order chi connectivity index (χ0) is 17.2. The molecule has 2 aliphatic heterocycles. The predicted octanol–water partition coefficient (Wildman–Crippen LogP) is 1.96. The molecule has 1 amide bonds. The van der Waals surface area contributed by atoms with Crippen molar-refractivity contribution in [2.24, 2.45) is 5.92 Å². The quantitative estimate of drug-likeness (QED) is 0.923. The molecule has 0 unspecified atom stereocenters. The third kappa shape index (κ3) is 3.34. The summed E-state index contributed by atoms with van der Waals surface area (Å²) < 4.78 is 13.5. The van der Waals surface area contributed by atoms with Crippen molar-refractivity contribution in [3.8, 4) is 11.5 Å². The first kappa shape index (κ1) is 16.0. The van der Waals surface area contributed by atoms with Crippen LogP contribution in [0, 0.1) is 5.92 Å². The number of rotatable bonds is 4. The van der Waals surface area contributed by atoms with Crippen molar-refractivity contribution in [2.75, 3.05) is 13.2 Å². The third-order valence-corrected chi connectivity index (χ3v) is 4.90.